The van der Waals surface area contributed by atoms with Crippen molar-refractivity contribution in [1.29, 1.82) is 0 Å². The Morgan fingerprint density at radius 3 is 2.00 bits per heavy atom. The van der Waals surface area contributed by atoms with Crippen LogP contribution >= 0.6 is 15.6 Å². The summed E-state index contributed by atoms with van der Waals surface area (Å²) in [6.45, 7) is 0.675. The van der Waals surface area contributed by atoms with Gasteiger partial charge in [0.1, 0.15) is 0 Å². The summed E-state index contributed by atoms with van der Waals surface area (Å²) in [5, 5.41) is 8.50. The molecule has 0 amide bonds. The van der Waals surface area contributed by atoms with Crippen LogP contribution in [0.4, 0.5) is 0 Å². The molecule has 0 aromatic heterocycles. The molecule has 0 spiro atoms. The molecule has 0 heterocycles. The first kappa shape index (κ1) is 28.0. The van der Waals surface area contributed by atoms with Crippen molar-refractivity contribution in [2.75, 3.05) is 13.2 Å². The Morgan fingerprint density at radius 2 is 1.67 bits per heavy atom. The molecule has 1 N–H and O–H groups in total. The van der Waals surface area contributed by atoms with Crippen LogP contribution in [0.1, 0.15) is 6.92 Å². The van der Waals surface area contributed by atoms with Crippen LogP contribution in [-0.2, 0) is 18.0 Å². The Hall–Kier alpha value is 1.75. The number of rotatable bonds is 6. The van der Waals surface area contributed by atoms with Crippen molar-refractivity contribution in [3.8, 4) is 0 Å². The third kappa shape index (κ3) is 17.8. The van der Waals surface area contributed by atoms with E-state index in [0.29, 0.717) is 5.57 Å². The minimum absolute atomic E-state index is 0. The number of phosphoric ester groups is 1. The molecule has 1 atom stereocenters. The van der Waals surface area contributed by atoms with E-state index < -0.39 is 22.3 Å². The molecule has 90 valence electrons. The molecule has 0 radical (unpaired) electrons. The average Bonchev–Trinajstić information content (AvgIpc) is 1.98. The van der Waals surface area contributed by atoms with Gasteiger partial charge in [-0.05, 0) is 12.5 Å². The van der Waals surface area contributed by atoms with Crippen molar-refractivity contribution in [2.45, 2.75) is 6.92 Å². The standard InChI is InChI=1S/C5H12O8P2.3Li/c1-5(4-6)2-3-12-15(10,11)13-14(7,8)9;;;/h2,6H,3-4H2,1H3,(H,10,11)(H2,7,8,9);;;/q;3*+1/p-3/b5-2+;;;. The number of phosphoric acid groups is 2. The van der Waals surface area contributed by atoms with Crippen LogP contribution in [0.2, 0.25) is 0 Å². The van der Waals surface area contributed by atoms with Gasteiger partial charge in [-0.15, -0.1) is 0 Å². The Kier molecular flexibility index (Phi) is 19.4. The van der Waals surface area contributed by atoms with Gasteiger partial charge in [-0.3, -0.25) is 8.88 Å². The average molecular weight is 280 g/mol. The van der Waals surface area contributed by atoms with Crippen molar-refractivity contribution in [1.82, 2.24) is 0 Å². The van der Waals surface area contributed by atoms with Gasteiger partial charge in [0.2, 0.25) is 0 Å². The second kappa shape index (κ2) is 12.5. The van der Waals surface area contributed by atoms with Crippen LogP contribution in [0.15, 0.2) is 11.6 Å². The van der Waals surface area contributed by atoms with Gasteiger partial charge in [0.15, 0.2) is 0 Å². The van der Waals surface area contributed by atoms with Crippen LogP contribution in [0, 0.1) is 0 Å². The molecule has 0 saturated heterocycles. The summed E-state index contributed by atoms with van der Waals surface area (Å²) < 4.78 is 27.7. The molecule has 0 aromatic rings. The Morgan fingerprint density at radius 1 is 1.22 bits per heavy atom. The summed E-state index contributed by atoms with van der Waals surface area (Å²) in [6.07, 6.45) is 1.19. The summed E-state index contributed by atoms with van der Waals surface area (Å²) in [6, 6.07) is 0. The quantitative estimate of drug-likeness (QED) is 0.287. The predicted molar refractivity (Wildman–Crippen MR) is 43.1 cm³/mol. The Balaban J connectivity index is -0.000000327. The molecular formula is C5H9Li3O8P2. The molecule has 1 unspecified atom stereocenters. The maximum Gasteiger partial charge on any atom is 1.00 e. The Labute approximate surface area is 141 Å². The molecule has 0 aliphatic carbocycles. The molecular weight excluding hydrogens is 271 g/mol. The van der Waals surface area contributed by atoms with E-state index in [2.05, 4.69) is 8.83 Å². The van der Waals surface area contributed by atoms with Gasteiger partial charge >= 0.3 is 56.6 Å². The van der Waals surface area contributed by atoms with Crippen molar-refractivity contribution >= 4 is 15.6 Å². The number of aliphatic hydroxyl groups excluding tert-OH is 1. The van der Waals surface area contributed by atoms with Crippen LogP contribution in [0.25, 0.3) is 0 Å². The van der Waals surface area contributed by atoms with Crippen molar-refractivity contribution in [3.63, 3.8) is 0 Å². The van der Waals surface area contributed by atoms with Crippen LogP contribution in [-0.4, -0.2) is 18.3 Å². The molecule has 13 heteroatoms. The van der Waals surface area contributed by atoms with E-state index in [4.69, 9.17) is 5.11 Å². The smallest absolute Gasteiger partial charge is 0.790 e. The molecule has 0 fully saturated rings. The minimum Gasteiger partial charge on any atom is -0.790 e. The number of hydrogen-bond acceptors (Lipinski definition) is 8. The van der Waals surface area contributed by atoms with E-state index >= 15 is 0 Å². The van der Waals surface area contributed by atoms with Crippen LogP contribution in [0.3, 0.4) is 0 Å². The van der Waals surface area contributed by atoms with Gasteiger partial charge in [0.25, 0.3) is 7.82 Å². The summed E-state index contributed by atoms with van der Waals surface area (Å²) in [4.78, 5) is 30.5. The fraction of sp³-hybridized carbons (Fsp3) is 0.600. The maximum atomic E-state index is 10.6. The van der Waals surface area contributed by atoms with Gasteiger partial charge in [0.05, 0.1) is 21.0 Å². The fourth-order valence-corrected chi connectivity index (χ4v) is 1.91. The Bertz CT molecular complexity index is 329. The second-order valence-corrected chi connectivity index (χ2v) is 5.18. The first-order chi connectivity index (χ1) is 6.66. The molecule has 0 aliphatic heterocycles. The van der Waals surface area contributed by atoms with Crippen molar-refractivity contribution in [2.24, 2.45) is 0 Å². The van der Waals surface area contributed by atoms with E-state index in [1.165, 1.54) is 13.0 Å². The van der Waals surface area contributed by atoms with E-state index in [1.54, 1.807) is 0 Å². The van der Waals surface area contributed by atoms with Crippen molar-refractivity contribution < 1.29 is 94.3 Å². The third-order valence-electron chi connectivity index (χ3n) is 1.11. The van der Waals surface area contributed by atoms with E-state index in [9.17, 15) is 23.8 Å². The molecule has 0 aliphatic rings. The summed E-state index contributed by atoms with van der Waals surface area (Å²) >= 11 is 0. The molecule has 0 aromatic carbocycles. The fourth-order valence-electron chi connectivity index (χ4n) is 0.481. The molecule has 0 saturated carbocycles. The summed E-state index contributed by atoms with van der Waals surface area (Å²) in [5.41, 5.74) is 0.419. The molecule has 8 nitrogen and oxygen atoms in total. The first-order valence-corrected chi connectivity index (χ1v) is 6.54. The first-order valence-electron chi connectivity index (χ1n) is 3.62. The zero-order chi connectivity index (χ0) is 12.1. The molecule has 0 bridgehead atoms. The monoisotopic (exact) mass is 280 g/mol. The maximum absolute atomic E-state index is 10.6. The summed E-state index contributed by atoms with van der Waals surface area (Å²) in [5.74, 6) is 0. The molecule has 0 rings (SSSR count). The van der Waals surface area contributed by atoms with E-state index in [0.717, 1.165) is 0 Å². The van der Waals surface area contributed by atoms with E-state index in [-0.39, 0.29) is 63.2 Å². The van der Waals surface area contributed by atoms with Gasteiger partial charge in [-0.1, -0.05) is 6.08 Å². The van der Waals surface area contributed by atoms with Crippen LogP contribution in [0.5, 0.6) is 0 Å². The van der Waals surface area contributed by atoms with Gasteiger partial charge in [-0.2, -0.15) is 0 Å². The number of hydrogen-bond donors (Lipinski definition) is 1. The molecule has 18 heavy (non-hydrogen) atoms. The van der Waals surface area contributed by atoms with Gasteiger partial charge in [-0.25, -0.2) is 0 Å². The SMILES string of the molecule is C/C(=C\COP(=O)([O-])OP(=O)([O-])[O-])CO.[Li+].[Li+].[Li+]. The van der Waals surface area contributed by atoms with Gasteiger partial charge in [0, 0.05) is 0 Å². The third-order valence-corrected chi connectivity index (χ3v) is 3.18. The van der Waals surface area contributed by atoms with Gasteiger partial charge < -0.3 is 28.9 Å². The topological polar surface area (TPSA) is 142 Å². The second-order valence-electron chi connectivity index (χ2n) is 2.48. The number of aliphatic hydroxyl groups is 1. The summed E-state index contributed by atoms with van der Waals surface area (Å²) in [7, 11) is -10.8. The minimum atomic E-state index is -5.63. The van der Waals surface area contributed by atoms with Crippen LogP contribution < -0.4 is 71.3 Å². The predicted octanol–water partition coefficient (Wildman–Crippen LogP) is -10.7. The van der Waals surface area contributed by atoms with E-state index in [1.807, 2.05) is 0 Å². The van der Waals surface area contributed by atoms with Crippen molar-refractivity contribution in [3.05, 3.63) is 11.6 Å². The zero-order valence-corrected chi connectivity index (χ0v) is 12.5. The normalized spacial score (nSPS) is 14.6. The zero-order valence-electron chi connectivity index (χ0n) is 10.7. The largest absolute Gasteiger partial charge is 1.00 e.